The Kier molecular flexibility index (Phi) is 6.72. The van der Waals surface area contributed by atoms with Gasteiger partial charge in [-0.1, -0.05) is 29.3 Å². The van der Waals surface area contributed by atoms with Crippen LogP contribution >= 0.6 is 55.1 Å². The number of nitrogens with one attached hydrogen (secondary N) is 1. The molecule has 0 aliphatic heterocycles. The molecule has 1 aromatic rings. The van der Waals surface area contributed by atoms with Crippen LogP contribution in [-0.4, -0.2) is 20.0 Å². The summed E-state index contributed by atoms with van der Waals surface area (Å²) in [6.45, 7) is 5.05. The zero-order chi connectivity index (χ0) is 18.0. The van der Waals surface area contributed by atoms with Crippen molar-refractivity contribution in [3.05, 3.63) is 43.9 Å². The lowest BCUT2D eigenvalue weighted by Gasteiger charge is -2.27. The van der Waals surface area contributed by atoms with Gasteiger partial charge < -0.3 is 10.1 Å². The van der Waals surface area contributed by atoms with Gasteiger partial charge in [0.05, 0.1) is 15.0 Å². The number of benzene rings is 1. The zero-order valence-corrected chi connectivity index (χ0v) is 17.1. The maximum Gasteiger partial charge on any atom is 0.408 e. The van der Waals surface area contributed by atoms with E-state index in [2.05, 4.69) is 37.2 Å². The topological polar surface area (TPSA) is 81.5 Å². The molecule has 1 atom stereocenters. The molecular formula is C13H14Br2Cl2N2O4. The highest BCUT2D eigenvalue weighted by Crippen LogP contribution is 2.41. The van der Waals surface area contributed by atoms with Gasteiger partial charge >= 0.3 is 9.45 Å². The molecule has 0 fully saturated rings. The molecule has 1 unspecified atom stereocenters. The molecular weight excluding hydrogens is 479 g/mol. The summed E-state index contributed by atoms with van der Waals surface area (Å²) in [6.07, 6.45) is -0.807. The summed E-state index contributed by atoms with van der Waals surface area (Å²) in [5, 5.41) is 14.3. The van der Waals surface area contributed by atoms with Gasteiger partial charge in [-0.15, -0.1) is 0 Å². The van der Waals surface area contributed by atoms with Crippen molar-refractivity contribution in [1.82, 2.24) is 5.32 Å². The van der Waals surface area contributed by atoms with Gasteiger partial charge in [0.15, 0.2) is 0 Å². The largest absolute Gasteiger partial charge is 0.444 e. The molecule has 0 aliphatic carbocycles. The Labute approximate surface area is 160 Å². The van der Waals surface area contributed by atoms with E-state index in [9.17, 15) is 14.9 Å². The summed E-state index contributed by atoms with van der Waals surface area (Å²) in [6, 6.07) is 3.34. The first-order valence-electron chi connectivity index (χ1n) is 6.31. The number of nitro groups is 1. The van der Waals surface area contributed by atoms with Crippen molar-refractivity contribution in [3.8, 4) is 0 Å². The highest BCUT2D eigenvalue weighted by molar-refractivity contribution is 9.25. The summed E-state index contributed by atoms with van der Waals surface area (Å²) in [7, 11) is 0. The Bertz CT molecular complexity index is 620. The Hall–Kier alpha value is -0.570. The molecule has 1 N–H and O–H groups in total. The van der Waals surface area contributed by atoms with E-state index in [1.165, 1.54) is 18.2 Å². The van der Waals surface area contributed by atoms with E-state index < -0.39 is 26.0 Å². The van der Waals surface area contributed by atoms with E-state index in [4.69, 9.17) is 27.9 Å². The summed E-state index contributed by atoms with van der Waals surface area (Å²) >= 11 is 17.8. The number of hydrogen-bond donors (Lipinski definition) is 1. The van der Waals surface area contributed by atoms with Crippen LogP contribution in [0.4, 0.5) is 4.79 Å². The molecule has 0 spiro atoms. The second-order valence-corrected chi connectivity index (χ2v) is 9.89. The standard InChI is InChI=1S/C13H14Br2Cl2N2O4/c1-12(2,3)23-11(20)18-10(13(14,15)19(21)22)7-4-5-8(16)9(17)6-7/h4-6,10H,1-3H3,(H,18,20). The number of ether oxygens (including phenoxy) is 1. The second-order valence-electron chi connectivity index (χ2n) is 5.60. The van der Waals surface area contributed by atoms with Crippen LogP contribution in [0.15, 0.2) is 18.2 Å². The van der Waals surface area contributed by atoms with E-state index in [1.54, 1.807) is 20.8 Å². The van der Waals surface area contributed by atoms with Crippen molar-refractivity contribution >= 4 is 61.2 Å². The number of carbonyl (C=O) groups is 1. The normalized spacial score (nSPS) is 13.3. The first kappa shape index (κ1) is 20.5. The number of amides is 1. The summed E-state index contributed by atoms with van der Waals surface area (Å²) in [4.78, 5) is 22.7. The van der Waals surface area contributed by atoms with Gasteiger partial charge in [0.2, 0.25) is 0 Å². The quantitative estimate of drug-likeness (QED) is 0.268. The lowest BCUT2D eigenvalue weighted by atomic mass is 10.1. The molecule has 0 saturated carbocycles. The maximum absolute atomic E-state index is 12.0. The molecule has 128 valence electrons. The fraction of sp³-hybridized carbons (Fsp3) is 0.462. The molecule has 0 heterocycles. The monoisotopic (exact) mass is 490 g/mol. The fourth-order valence-corrected chi connectivity index (χ4v) is 2.66. The molecule has 1 rings (SSSR count). The van der Waals surface area contributed by atoms with Crippen molar-refractivity contribution in [3.63, 3.8) is 0 Å². The zero-order valence-electron chi connectivity index (χ0n) is 12.4. The maximum atomic E-state index is 12.0. The first-order valence-corrected chi connectivity index (χ1v) is 8.65. The molecule has 0 aromatic heterocycles. The van der Waals surface area contributed by atoms with Crippen LogP contribution in [0.3, 0.4) is 0 Å². The van der Waals surface area contributed by atoms with Crippen molar-refractivity contribution in [2.45, 2.75) is 35.8 Å². The van der Waals surface area contributed by atoms with Crippen molar-refractivity contribution in [2.24, 2.45) is 0 Å². The molecule has 1 amide bonds. The van der Waals surface area contributed by atoms with Crippen LogP contribution < -0.4 is 5.32 Å². The SMILES string of the molecule is CC(C)(C)OC(=O)NC(c1ccc(Cl)c(Cl)c1)C(Br)(Br)[N+](=O)[O-]. The molecule has 0 saturated heterocycles. The summed E-state index contributed by atoms with van der Waals surface area (Å²) in [5.41, 5.74) is -0.377. The van der Waals surface area contributed by atoms with Gasteiger partial charge in [-0.05, 0) is 38.5 Å². The molecule has 23 heavy (non-hydrogen) atoms. The van der Waals surface area contributed by atoms with E-state index in [0.717, 1.165) is 0 Å². The Morgan fingerprint density at radius 2 is 1.87 bits per heavy atom. The van der Waals surface area contributed by atoms with Crippen LogP contribution in [0.1, 0.15) is 32.4 Å². The number of rotatable bonds is 4. The Balaban J connectivity index is 3.20. The molecule has 0 aliphatic rings. The van der Waals surface area contributed by atoms with Crippen molar-refractivity contribution in [1.29, 1.82) is 0 Å². The van der Waals surface area contributed by atoms with Crippen LogP contribution in [-0.2, 0) is 4.74 Å². The lowest BCUT2D eigenvalue weighted by Crippen LogP contribution is -2.44. The van der Waals surface area contributed by atoms with Crippen LogP contribution in [0.5, 0.6) is 0 Å². The number of hydrogen-bond acceptors (Lipinski definition) is 4. The van der Waals surface area contributed by atoms with Gasteiger partial charge in [0.1, 0.15) is 11.6 Å². The number of alkyl halides is 2. The van der Waals surface area contributed by atoms with E-state index in [-0.39, 0.29) is 5.02 Å². The third-order valence-corrected chi connectivity index (χ3v) is 4.76. The van der Waals surface area contributed by atoms with E-state index in [1.807, 2.05) is 0 Å². The predicted octanol–water partition coefficient (Wildman–Crippen LogP) is 5.28. The molecule has 10 heteroatoms. The minimum absolute atomic E-state index is 0.208. The van der Waals surface area contributed by atoms with Crippen molar-refractivity contribution < 1.29 is 14.5 Å². The minimum atomic E-state index is -1.85. The third-order valence-electron chi connectivity index (χ3n) is 2.53. The Morgan fingerprint density at radius 3 is 2.30 bits per heavy atom. The minimum Gasteiger partial charge on any atom is -0.444 e. The molecule has 0 radical (unpaired) electrons. The van der Waals surface area contributed by atoms with Crippen molar-refractivity contribution in [2.75, 3.05) is 0 Å². The molecule has 0 bridgehead atoms. The summed E-state index contributed by atoms with van der Waals surface area (Å²) < 4.78 is 3.29. The average molecular weight is 493 g/mol. The van der Waals surface area contributed by atoms with E-state index in [0.29, 0.717) is 10.6 Å². The second kappa shape index (κ2) is 7.55. The highest BCUT2D eigenvalue weighted by Gasteiger charge is 2.48. The Morgan fingerprint density at radius 1 is 1.30 bits per heavy atom. The number of alkyl carbamates (subject to hydrolysis) is 1. The number of carbonyl (C=O) groups excluding carboxylic acids is 1. The predicted molar refractivity (Wildman–Crippen MR) is 96.2 cm³/mol. The van der Waals surface area contributed by atoms with E-state index >= 15 is 0 Å². The highest BCUT2D eigenvalue weighted by atomic mass is 79.9. The van der Waals surface area contributed by atoms with Gasteiger partial charge in [-0.2, -0.15) is 0 Å². The van der Waals surface area contributed by atoms with Gasteiger partial charge in [-0.25, -0.2) is 4.79 Å². The lowest BCUT2D eigenvalue weighted by molar-refractivity contribution is -0.509. The third kappa shape index (κ3) is 5.77. The summed E-state index contributed by atoms with van der Waals surface area (Å²) in [5.74, 6) is 0. The van der Waals surface area contributed by atoms with Crippen LogP contribution in [0, 0.1) is 10.1 Å². The average Bonchev–Trinajstić information content (AvgIpc) is 2.37. The number of nitrogens with zero attached hydrogens (tertiary/aromatic N) is 1. The van der Waals surface area contributed by atoms with Gasteiger partial charge in [0.25, 0.3) is 0 Å². The van der Waals surface area contributed by atoms with Crippen LogP contribution in [0.25, 0.3) is 0 Å². The fourth-order valence-electron chi connectivity index (χ4n) is 1.59. The number of halogens is 4. The smallest absolute Gasteiger partial charge is 0.408 e. The molecule has 6 nitrogen and oxygen atoms in total. The van der Waals surface area contributed by atoms with Crippen LogP contribution in [0.2, 0.25) is 10.0 Å². The van der Waals surface area contributed by atoms with Gasteiger partial charge in [0, 0.05) is 31.9 Å². The van der Waals surface area contributed by atoms with Gasteiger partial charge in [-0.3, -0.25) is 10.1 Å². The molecule has 1 aromatic carbocycles. The first-order chi connectivity index (χ1) is 10.3.